The van der Waals surface area contributed by atoms with Crippen molar-refractivity contribution < 1.29 is 0 Å². The number of anilines is 1. The van der Waals surface area contributed by atoms with Crippen molar-refractivity contribution in [3.8, 4) is 11.3 Å². The summed E-state index contributed by atoms with van der Waals surface area (Å²) in [4.78, 5) is 5.73. The molecule has 0 saturated heterocycles. The van der Waals surface area contributed by atoms with Gasteiger partial charge in [-0.15, -0.1) is 11.3 Å². The van der Waals surface area contributed by atoms with Crippen LogP contribution < -0.4 is 5.73 Å². The van der Waals surface area contributed by atoms with E-state index in [1.807, 2.05) is 24.3 Å². The topological polar surface area (TPSA) is 43.3 Å². The Labute approximate surface area is 116 Å². The molecule has 0 aliphatic carbocycles. The van der Waals surface area contributed by atoms with E-state index in [4.69, 9.17) is 5.73 Å². The van der Waals surface area contributed by atoms with Gasteiger partial charge in [0.05, 0.1) is 5.69 Å². The largest absolute Gasteiger partial charge is 0.399 e. The summed E-state index contributed by atoms with van der Waals surface area (Å²) in [5.74, 6) is 0. The van der Waals surface area contributed by atoms with Crippen molar-refractivity contribution >= 4 is 22.0 Å². The second kappa shape index (κ2) is 4.10. The normalized spacial score (nSPS) is 12.2. The van der Waals surface area contributed by atoms with Crippen molar-refractivity contribution in [2.24, 2.45) is 0 Å². The molecule has 98 valence electrons. The van der Waals surface area contributed by atoms with Crippen molar-refractivity contribution in [2.45, 2.75) is 26.2 Å². The van der Waals surface area contributed by atoms with E-state index in [2.05, 4.69) is 41.7 Å². The highest BCUT2D eigenvalue weighted by atomic mass is 32.1. The van der Waals surface area contributed by atoms with Crippen LogP contribution in [0.25, 0.3) is 16.2 Å². The van der Waals surface area contributed by atoms with Gasteiger partial charge in [-0.2, -0.15) is 0 Å². The number of rotatable bonds is 1. The molecule has 3 rings (SSSR count). The van der Waals surface area contributed by atoms with Gasteiger partial charge in [0.15, 0.2) is 4.96 Å². The SMILES string of the molecule is CC(C)(C)c1csc2nc(-c3ccc(N)cc3)cn12. The molecule has 0 amide bonds. The number of fused-ring (bicyclic) bond motifs is 1. The van der Waals surface area contributed by atoms with E-state index in [0.29, 0.717) is 0 Å². The molecule has 0 aliphatic heterocycles. The van der Waals surface area contributed by atoms with Crippen LogP contribution >= 0.6 is 11.3 Å². The average Bonchev–Trinajstić information content (AvgIpc) is 2.87. The van der Waals surface area contributed by atoms with Crippen LogP contribution in [0, 0.1) is 0 Å². The second-order valence-corrected chi connectivity index (χ2v) is 6.61. The fraction of sp³-hybridized carbons (Fsp3) is 0.267. The van der Waals surface area contributed by atoms with Gasteiger partial charge in [-0.25, -0.2) is 4.98 Å². The third-order valence-electron chi connectivity index (χ3n) is 3.18. The lowest BCUT2D eigenvalue weighted by Crippen LogP contribution is -2.13. The fourth-order valence-corrected chi connectivity index (χ4v) is 3.22. The first kappa shape index (κ1) is 12.2. The van der Waals surface area contributed by atoms with E-state index in [1.54, 1.807) is 11.3 Å². The lowest BCUT2D eigenvalue weighted by Gasteiger charge is -2.16. The van der Waals surface area contributed by atoms with Crippen LogP contribution in [0.1, 0.15) is 26.5 Å². The Hall–Kier alpha value is -1.81. The molecule has 0 spiro atoms. The number of benzene rings is 1. The summed E-state index contributed by atoms with van der Waals surface area (Å²) in [7, 11) is 0. The molecule has 0 saturated carbocycles. The average molecular weight is 271 g/mol. The van der Waals surface area contributed by atoms with Crippen molar-refractivity contribution in [3.05, 3.63) is 41.5 Å². The summed E-state index contributed by atoms with van der Waals surface area (Å²) < 4.78 is 2.19. The van der Waals surface area contributed by atoms with Gasteiger partial charge in [0.25, 0.3) is 0 Å². The number of aromatic nitrogens is 2. The standard InChI is InChI=1S/C15H17N3S/c1-15(2,3)13-9-19-14-17-12(8-18(13)14)10-4-6-11(16)7-5-10/h4-9H,16H2,1-3H3. The molecule has 2 aromatic heterocycles. The molecule has 0 unspecified atom stereocenters. The van der Waals surface area contributed by atoms with Crippen LogP contribution in [0.5, 0.6) is 0 Å². The van der Waals surface area contributed by atoms with E-state index in [1.165, 1.54) is 5.69 Å². The summed E-state index contributed by atoms with van der Waals surface area (Å²) in [6, 6.07) is 7.85. The highest BCUT2D eigenvalue weighted by Crippen LogP contribution is 2.30. The van der Waals surface area contributed by atoms with Crippen molar-refractivity contribution in [3.63, 3.8) is 0 Å². The minimum Gasteiger partial charge on any atom is -0.399 e. The molecule has 2 heterocycles. The Bertz CT molecular complexity index is 714. The predicted molar refractivity (Wildman–Crippen MR) is 81.6 cm³/mol. The molecule has 1 aromatic carbocycles. The Morgan fingerprint density at radius 2 is 1.84 bits per heavy atom. The molecule has 0 atom stereocenters. The van der Waals surface area contributed by atoms with Gasteiger partial charge in [-0.05, 0) is 12.1 Å². The Balaban J connectivity index is 2.12. The molecule has 0 bridgehead atoms. The molecular formula is C15H17N3S. The maximum atomic E-state index is 5.72. The summed E-state index contributed by atoms with van der Waals surface area (Å²) in [6.45, 7) is 6.66. The highest BCUT2D eigenvalue weighted by molar-refractivity contribution is 7.15. The number of thiazole rings is 1. The lowest BCUT2D eigenvalue weighted by atomic mass is 9.93. The van der Waals surface area contributed by atoms with Crippen molar-refractivity contribution in [2.75, 3.05) is 5.73 Å². The highest BCUT2D eigenvalue weighted by Gasteiger charge is 2.20. The third-order valence-corrected chi connectivity index (χ3v) is 4.02. The number of nitrogens with two attached hydrogens (primary N) is 1. The van der Waals surface area contributed by atoms with Crippen LogP contribution in [-0.2, 0) is 5.41 Å². The van der Waals surface area contributed by atoms with E-state index >= 15 is 0 Å². The summed E-state index contributed by atoms with van der Waals surface area (Å²) in [6.07, 6.45) is 2.11. The van der Waals surface area contributed by atoms with Crippen LogP contribution in [0.15, 0.2) is 35.8 Å². The van der Waals surface area contributed by atoms with Crippen LogP contribution in [0.2, 0.25) is 0 Å². The molecule has 19 heavy (non-hydrogen) atoms. The molecule has 0 radical (unpaired) electrons. The Morgan fingerprint density at radius 1 is 1.16 bits per heavy atom. The van der Waals surface area contributed by atoms with Crippen molar-refractivity contribution in [1.82, 2.24) is 9.38 Å². The number of imidazole rings is 1. The van der Waals surface area contributed by atoms with Gasteiger partial charge in [-0.1, -0.05) is 32.9 Å². The minimum absolute atomic E-state index is 0.122. The number of nitrogens with zero attached hydrogens (tertiary/aromatic N) is 2. The monoisotopic (exact) mass is 271 g/mol. The molecule has 0 aliphatic rings. The summed E-state index contributed by atoms with van der Waals surface area (Å²) in [5, 5.41) is 2.19. The number of hydrogen-bond acceptors (Lipinski definition) is 3. The summed E-state index contributed by atoms with van der Waals surface area (Å²) in [5.41, 5.74) is 10.0. The van der Waals surface area contributed by atoms with Gasteiger partial charge >= 0.3 is 0 Å². The maximum absolute atomic E-state index is 5.72. The first-order valence-corrected chi connectivity index (χ1v) is 7.16. The molecule has 3 aromatic rings. The van der Waals surface area contributed by atoms with E-state index < -0.39 is 0 Å². The zero-order valence-corrected chi connectivity index (χ0v) is 12.2. The quantitative estimate of drug-likeness (QED) is 0.681. The molecule has 2 N–H and O–H groups in total. The fourth-order valence-electron chi connectivity index (χ4n) is 2.12. The van der Waals surface area contributed by atoms with Gasteiger partial charge < -0.3 is 5.73 Å². The van der Waals surface area contributed by atoms with Gasteiger partial charge in [0.2, 0.25) is 0 Å². The number of nitrogen functional groups attached to an aromatic ring is 1. The van der Waals surface area contributed by atoms with E-state index in [0.717, 1.165) is 21.9 Å². The van der Waals surface area contributed by atoms with E-state index in [-0.39, 0.29) is 5.41 Å². The number of hydrogen-bond donors (Lipinski definition) is 1. The van der Waals surface area contributed by atoms with Crippen molar-refractivity contribution in [1.29, 1.82) is 0 Å². The Morgan fingerprint density at radius 3 is 2.47 bits per heavy atom. The van der Waals surface area contributed by atoms with Crippen LogP contribution in [0.3, 0.4) is 0 Å². The molecular weight excluding hydrogens is 254 g/mol. The minimum atomic E-state index is 0.122. The smallest absolute Gasteiger partial charge is 0.194 e. The van der Waals surface area contributed by atoms with Crippen LogP contribution in [-0.4, -0.2) is 9.38 Å². The lowest BCUT2D eigenvalue weighted by molar-refractivity contribution is 0.565. The first-order chi connectivity index (χ1) is 8.95. The van der Waals surface area contributed by atoms with Gasteiger partial charge in [-0.3, -0.25) is 4.40 Å². The molecule has 0 fully saturated rings. The third kappa shape index (κ3) is 2.12. The zero-order chi connectivity index (χ0) is 13.6. The second-order valence-electron chi connectivity index (χ2n) is 5.77. The zero-order valence-electron chi connectivity index (χ0n) is 11.3. The molecule has 3 nitrogen and oxygen atoms in total. The molecule has 4 heteroatoms. The maximum Gasteiger partial charge on any atom is 0.194 e. The first-order valence-electron chi connectivity index (χ1n) is 6.28. The van der Waals surface area contributed by atoms with Crippen LogP contribution in [0.4, 0.5) is 5.69 Å². The van der Waals surface area contributed by atoms with Gasteiger partial charge in [0, 0.05) is 33.9 Å². The summed E-state index contributed by atoms with van der Waals surface area (Å²) >= 11 is 1.69. The Kier molecular flexibility index (Phi) is 2.64. The predicted octanol–water partition coefficient (Wildman–Crippen LogP) is 3.94. The van der Waals surface area contributed by atoms with Gasteiger partial charge in [0.1, 0.15) is 0 Å². The van der Waals surface area contributed by atoms with E-state index in [9.17, 15) is 0 Å².